The SMILES string of the molecule is Cc1nccn1CC[C@H](NC(=O)CCN1CCOCC1)c1ccccc1. The molecule has 140 valence electrons. The number of rotatable bonds is 8. The lowest BCUT2D eigenvalue weighted by atomic mass is 10.0. The first-order chi connectivity index (χ1) is 12.7. The molecule has 6 nitrogen and oxygen atoms in total. The first-order valence-electron chi connectivity index (χ1n) is 9.34. The molecule has 2 aromatic rings. The lowest BCUT2D eigenvalue weighted by Gasteiger charge is -2.26. The molecule has 0 saturated carbocycles. The molecule has 6 heteroatoms. The number of nitrogens with one attached hydrogen (secondary N) is 1. The molecule has 1 aliphatic rings. The molecule has 1 amide bonds. The van der Waals surface area contributed by atoms with Gasteiger partial charge in [-0.15, -0.1) is 0 Å². The maximum atomic E-state index is 12.5. The van der Waals surface area contributed by atoms with Crippen LogP contribution in [0.25, 0.3) is 0 Å². The van der Waals surface area contributed by atoms with E-state index in [-0.39, 0.29) is 11.9 Å². The summed E-state index contributed by atoms with van der Waals surface area (Å²) < 4.78 is 7.48. The fraction of sp³-hybridized carbons (Fsp3) is 0.500. The minimum atomic E-state index is 0.00943. The van der Waals surface area contributed by atoms with Crippen molar-refractivity contribution < 1.29 is 9.53 Å². The second-order valence-electron chi connectivity index (χ2n) is 6.69. The van der Waals surface area contributed by atoms with Gasteiger partial charge in [0, 0.05) is 45.0 Å². The second-order valence-corrected chi connectivity index (χ2v) is 6.69. The summed E-state index contributed by atoms with van der Waals surface area (Å²) in [5.41, 5.74) is 1.14. The number of imidazole rings is 1. The monoisotopic (exact) mass is 356 g/mol. The summed E-state index contributed by atoms with van der Waals surface area (Å²) in [5.74, 6) is 1.10. The molecule has 1 fully saturated rings. The molecule has 26 heavy (non-hydrogen) atoms. The van der Waals surface area contributed by atoms with Crippen molar-refractivity contribution in [2.24, 2.45) is 0 Å². The zero-order chi connectivity index (χ0) is 18.2. The van der Waals surface area contributed by atoms with Gasteiger partial charge in [-0.3, -0.25) is 9.69 Å². The molecule has 3 rings (SSSR count). The average molecular weight is 356 g/mol. The Balaban J connectivity index is 1.56. The van der Waals surface area contributed by atoms with Crippen molar-refractivity contribution in [2.75, 3.05) is 32.8 Å². The molecule has 1 saturated heterocycles. The molecular weight excluding hydrogens is 328 g/mol. The molecule has 1 aromatic carbocycles. The van der Waals surface area contributed by atoms with Gasteiger partial charge in [0.2, 0.25) is 5.91 Å². The summed E-state index contributed by atoms with van der Waals surface area (Å²) in [7, 11) is 0. The lowest BCUT2D eigenvalue weighted by Crippen LogP contribution is -2.39. The smallest absolute Gasteiger partial charge is 0.221 e. The number of morpholine rings is 1. The number of aromatic nitrogens is 2. The van der Waals surface area contributed by atoms with Crippen LogP contribution in [0, 0.1) is 6.92 Å². The summed E-state index contributed by atoms with van der Waals surface area (Å²) in [6.07, 6.45) is 5.16. The van der Waals surface area contributed by atoms with Crippen LogP contribution < -0.4 is 5.32 Å². The van der Waals surface area contributed by atoms with E-state index in [9.17, 15) is 4.79 Å². The topological polar surface area (TPSA) is 59.4 Å². The summed E-state index contributed by atoms with van der Waals surface area (Å²) in [6, 6.07) is 10.2. The van der Waals surface area contributed by atoms with E-state index in [1.807, 2.05) is 37.5 Å². The van der Waals surface area contributed by atoms with Gasteiger partial charge in [-0.1, -0.05) is 30.3 Å². The van der Waals surface area contributed by atoms with Crippen LogP contribution in [-0.2, 0) is 16.1 Å². The van der Waals surface area contributed by atoms with Gasteiger partial charge in [-0.25, -0.2) is 4.98 Å². The standard InChI is InChI=1S/C20H28N4O2/c1-17-21-9-12-24(17)11-7-19(18-5-3-2-4-6-18)22-20(25)8-10-23-13-15-26-16-14-23/h2-6,9,12,19H,7-8,10-11,13-16H2,1H3,(H,22,25)/t19-/m0/s1. The van der Waals surface area contributed by atoms with Crippen LogP contribution in [0.15, 0.2) is 42.7 Å². The normalized spacial score (nSPS) is 16.3. The summed E-state index contributed by atoms with van der Waals surface area (Å²) in [6.45, 7) is 6.96. The van der Waals surface area contributed by atoms with Crippen molar-refractivity contribution in [2.45, 2.75) is 32.4 Å². The van der Waals surface area contributed by atoms with Gasteiger partial charge in [0.15, 0.2) is 0 Å². The van der Waals surface area contributed by atoms with E-state index in [0.29, 0.717) is 6.42 Å². The molecule has 1 aromatic heterocycles. The summed E-state index contributed by atoms with van der Waals surface area (Å²) >= 11 is 0. The van der Waals surface area contributed by atoms with Crippen LogP contribution in [0.1, 0.15) is 30.3 Å². The molecule has 0 bridgehead atoms. The molecule has 0 aliphatic carbocycles. The Kier molecular flexibility index (Phi) is 6.80. The highest BCUT2D eigenvalue weighted by molar-refractivity contribution is 5.76. The molecule has 1 atom stereocenters. The lowest BCUT2D eigenvalue weighted by molar-refractivity contribution is -0.122. The Labute approximate surface area is 155 Å². The number of nitrogens with zero attached hydrogens (tertiary/aromatic N) is 3. The van der Waals surface area contributed by atoms with Crippen LogP contribution in [0.2, 0.25) is 0 Å². The number of benzene rings is 1. The predicted octanol–water partition coefficient (Wildman–Crippen LogP) is 2.16. The predicted molar refractivity (Wildman–Crippen MR) is 101 cm³/mol. The van der Waals surface area contributed by atoms with Gasteiger partial charge in [-0.05, 0) is 18.9 Å². The Morgan fingerprint density at radius 3 is 2.69 bits per heavy atom. The zero-order valence-electron chi connectivity index (χ0n) is 15.4. The first-order valence-corrected chi connectivity index (χ1v) is 9.34. The highest BCUT2D eigenvalue weighted by Crippen LogP contribution is 2.18. The third kappa shape index (κ3) is 5.41. The highest BCUT2D eigenvalue weighted by Gasteiger charge is 2.17. The van der Waals surface area contributed by atoms with Gasteiger partial charge in [0.25, 0.3) is 0 Å². The minimum Gasteiger partial charge on any atom is -0.379 e. The van der Waals surface area contributed by atoms with Crippen molar-refractivity contribution in [1.29, 1.82) is 0 Å². The Morgan fingerprint density at radius 2 is 2.00 bits per heavy atom. The van der Waals surface area contributed by atoms with E-state index in [0.717, 1.165) is 57.2 Å². The van der Waals surface area contributed by atoms with E-state index < -0.39 is 0 Å². The van der Waals surface area contributed by atoms with Gasteiger partial charge in [0.1, 0.15) is 5.82 Å². The molecule has 0 radical (unpaired) electrons. The molecule has 0 spiro atoms. The largest absolute Gasteiger partial charge is 0.379 e. The fourth-order valence-corrected chi connectivity index (χ4v) is 3.27. The second kappa shape index (κ2) is 9.50. The van der Waals surface area contributed by atoms with Gasteiger partial charge in [0.05, 0.1) is 19.3 Å². The van der Waals surface area contributed by atoms with E-state index in [2.05, 4.69) is 31.9 Å². The third-order valence-electron chi connectivity index (χ3n) is 4.88. The van der Waals surface area contributed by atoms with Crippen LogP contribution in [0.5, 0.6) is 0 Å². The van der Waals surface area contributed by atoms with Gasteiger partial charge in [-0.2, -0.15) is 0 Å². The van der Waals surface area contributed by atoms with E-state index >= 15 is 0 Å². The Morgan fingerprint density at radius 1 is 1.23 bits per heavy atom. The zero-order valence-corrected chi connectivity index (χ0v) is 15.4. The molecule has 1 aliphatic heterocycles. The van der Waals surface area contributed by atoms with Crippen molar-refractivity contribution in [3.8, 4) is 0 Å². The Hall–Kier alpha value is -2.18. The summed E-state index contributed by atoms with van der Waals surface area (Å²) in [4.78, 5) is 19.1. The summed E-state index contributed by atoms with van der Waals surface area (Å²) in [5, 5.41) is 3.22. The average Bonchev–Trinajstić information content (AvgIpc) is 3.10. The minimum absolute atomic E-state index is 0.00943. The number of carbonyl (C=O) groups is 1. The quantitative estimate of drug-likeness (QED) is 0.787. The number of ether oxygens (including phenoxy) is 1. The molecule has 0 unspecified atom stereocenters. The van der Waals surface area contributed by atoms with E-state index in [1.165, 1.54) is 0 Å². The van der Waals surface area contributed by atoms with Crippen LogP contribution >= 0.6 is 0 Å². The maximum Gasteiger partial charge on any atom is 0.221 e. The highest BCUT2D eigenvalue weighted by atomic mass is 16.5. The van der Waals surface area contributed by atoms with Crippen molar-refractivity contribution in [1.82, 2.24) is 19.8 Å². The number of hydrogen-bond acceptors (Lipinski definition) is 4. The van der Waals surface area contributed by atoms with Crippen LogP contribution in [0.3, 0.4) is 0 Å². The van der Waals surface area contributed by atoms with Gasteiger partial charge < -0.3 is 14.6 Å². The van der Waals surface area contributed by atoms with Crippen molar-refractivity contribution in [3.05, 3.63) is 54.1 Å². The number of carbonyl (C=O) groups excluding carboxylic acids is 1. The molecular formula is C20H28N4O2. The van der Waals surface area contributed by atoms with Crippen LogP contribution in [0.4, 0.5) is 0 Å². The number of amides is 1. The van der Waals surface area contributed by atoms with E-state index in [1.54, 1.807) is 0 Å². The van der Waals surface area contributed by atoms with Crippen molar-refractivity contribution >= 4 is 5.91 Å². The van der Waals surface area contributed by atoms with Crippen molar-refractivity contribution in [3.63, 3.8) is 0 Å². The Bertz CT molecular complexity index is 680. The first kappa shape index (κ1) is 18.6. The van der Waals surface area contributed by atoms with E-state index in [4.69, 9.17) is 4.74 Å². The van der Waals surface area contributed by atoms with Gasteiger partial charge >= 0.3 is 0 Å². The fourth-order valence-electron chi connectivity index (χ4n) is 3.27. The van der Waals surface area contributed by atoms with Crippen LogP contribution in [-0.4, -0.2) is 53.2 Å². The third-order valence-corrected chi connectivity index (χ3v) is 4.88. The number of aryl methyl sites for hydroxylation is 2. The molecule has 1 N–H and O–H groups in total. The molecule has 2 heterocycles. The number of hydrogen-bond donors (Lipinski definition) is 1. The maximum absolute atomic E-state index is 12.5.